The minimum atomic E-state index is -3.31. The van der Waals surface area contributed by atoms with Crippen molar-refractivity contribution in [3.8, 4) is 0 Å². The van der Waals surface area contributed by atoms with E-state index in [1.165, 1.54) is 24.3 Å². The maximum absolute atomic E-state index is 12.0. The van der Waals surface area contributed by atoms with Crippen LogP contribution in [0.5, 0.6) is 0 Å². The molecule has 1 amide bonds. The zero-order valence-corrected chi connectivity index (χ0v) is 13.5. The van der Waals surface area contributed by atoms with E-state index >= 15 is 0 Å². The van der Waals surface area contributed by atoms with Crippen LogP contribution in [0.15, 0.2) is 29.2 Å². The average Bonchev–Trinajstić information content (AvgIpc) is 2.51. The lowest BCUT2D eigenvalue weighted by Gasteiger charge is -2.14. The highest BCUT2D eigenvalue weighted by molar-refractivity contribution is 7.91. The molecule has 2 N–H and O–H groups in total. The molecular weight excluding hydrogens is 306 g/mol. The number of rotatable bonds is 8. The van der Waals surface area contributed by atoms with Gasteiger partial charge in [0.25, 0.3) is 5.91 Å². The third kappa shape index (κ3) is 4.84. The molecule has 1 unspecified atom stereocenters. The zero-order valence-electron chi connectivity index (χ0n) is 12.7. The molecule has 0 saturated heterocycles. The first-order chi connectivity index (χ1) is 10.3. The second-order valence-electron chi connectivity index (χ2n) is 4.93. The van der Waals surface area contributed by atoms with Gasteiger partial charge in [0.05, 0.1) is 10.6 Å². The molecule has 6 nitrogen and oxygen atoms in total. The van der Waals surface area contributed by atoms with E-state index in [1.54, 1.807) is 6.92 Å². The summed E-state index contributed by atoms with van der Waals surface area (Å²) in [6, 6.07) is 4.55. The largest absolute Gasteiger partial charge is 0.480 e. The number of carboxylic acids is 1. The molecule has 0 aromatic heterocycles. The molecule has 1 aromatic carbocycles. The van der Waals surface area contributed by atoms with Gasteiger partial charge < -0.3 is 10.4 Å². The van der Waals surface area contributed by atoms with Crippen LogP contribution in [0.3, 0.4) is 0 Å². The van der Waals surface area contributed by atoms with Crippen molar-refractivity contribution in [3.63, 3.8) is 0 Å². The number of sulfone groups is 1. The molecule has 0 aliphatic heterocycles. The van der Waals surface area contributed by atoms with E-state index in [4.69, 9.17) is 5.11 Å². The normalized spacial score (nSPS) is 12.6. The average molecular weight is 327 g/mol. The number of hydrogen-bond donors (Lipinski definition) is 2. The number of hydrogen-bond acceptors (Lipinski definition) is 4. The van der Waals surface area contributed by atoms with Gasteiger partial charge in [-0.05, 0) is 30.7 Å². The Kier molecular flexibility index (Phi) is 6.55. The maximum atomic E-state index is 12.0. The minimum Gasteiger partial charge on any atom is -0.480 e. The number of nitrogens with one attached hydrogen (secondary N) is 1. The molecule has 0 bridgehead atoms. The molecule has 1 rings (SSSR count). The standard InChI is InChI=1S/C15H21NO5S/c1-3-5-6-13(15(18)19)16-14(17)11-7-9-12(10-8-11)22(20,21)4-2/h7-10,13H,3-6H2,1-2H3,(H,16,17)(H,18,19). The Morgan fingerprint density at radius 2 is 1.77 bits per heavy atom. The van der Waals surface area contributed by atoms with Crippen LogP contribution in [0, 0.1) is 0 Å². The van der Waals surface area contributed by atoms with Crippen LogP contribution in [-0.2, 0) is 14.6 Å². The van der Waals surface area contributed by atoms with Gasteiger partial charge in [0.1, 0.15) is 6.04 Å². The van der Waals surface area contributed by atoms with E-state index in [0.717, 1.165) is 6.42 Å². The Bertz CT molecular complexity index is 622. The van der Waals surface area contributed by atoms with E-state index in [1.807, 2.05) is 6.92 Å². The number of benzene rings is 1. The zero-order chi connectivity index (χ0) is 16.8. The first-order valence-corrected chi connectivity index (χ1v) is 8.83. The first-order valence-electron chi connectivity index (χ1n) is 7.18. The summed E-state index contributed by atoms with van der Waals surface area (Å²) in [4.78, 5) is 23.3. The summed E-state index contributed by atoms with van der Waals surface area (Å²) in [6.45, 7) is 3.48. The highest BCUT2D eigenvalue weighted by atomic mass is 32.2. The molecule has 0 spiro atoms. The fourth-order valence-electron chi connectivity index (χ4n) is 1.89. The summed E-state index contributed by atoms with van der Waals surface area (Å²) in [5.41, 5.74) is 0.234. The quantitative estimate of drug-likeness (QED) is 0.759. The Balaban J connectivity index is 2.83. The molecular formula is C15H21NO5S. The van der Waals surface area contributed by atoms with Crippen molar-refractivity contribution in [1.82, 2.24) is 5.32 Å². The Hall–Kier alpha value is -1.89. The molecule has 7 heteroatoms. The van der Waals surface area contributed by atoms with Gasteiger partial charge in [0, 0.05) is 5.56 Å². The van der Waals surface area contributed by atoms with E-state index in [-0.39, 0.29) is 16.2 Å². The van der Waals surface area contributed by atoms with E-state index in [0.29, 0.717) is 12.8 Å². The summed E-state index contributed by atoms with van der Waals surface area (Å²) in [5.74, 6) is -1.62. The summed E-state index contributed by atoms with van der Waals surface area (Å²) < 4.78 is 23.4. The lowest BCUT2D eigenvalue weighted by Crippen LogP contribution is -2.40. The molecule has 0 saturated carbocycles. The molecule has 0 radical (unpaired) electrons. The molecule has 1 atom stereocenters. The number of unbranched alkanes of at least 4 members (excludes halogenated alkanes) is 1. The Morgan fingerprint density at radius 1 is 1.18 bits per heavy atom. The topological polar surface area (TPSA) is 101 Å². The van der Waals surface area contributed by atoms with Gasteiger partial charge in [0.2, 0.25) is 0 Å². The third-order valence-electron chi connectivity index (χ3n) is 3.31. The van der Waals surface area contributed by atoms with Crippen LogP contribution in [-0.4, -0.2) is 37.2 Å². The van der Waals surface area contributed by atoms with Crippen LogP contribution in [0.1, 0.15) is 43.5 Å². The summed E-state index contributed by atoms with van der Waals surface area (Å²) >= 11 is 0. The Labute approximate surface area is 130 Å². The molecule has 0 aliphatic carbocycles. The highest BCUT2D eigenvalue weighted by Crippen LogP contribution is 2.13. The van der Waals surface area contributed by atoms with Gasteiger partial charge in [-0.3, -0.25) is 4.79 Å². The molecule has 122 valence electrons. The van der Waals surface area contributed by atoms with Crippen molar-refractivity contribution < 1.29 is 23.1 Å². The first kappa shape index (κ1) is 18.2. The van der Waals surface area contributed by atoms with Gasteiger partial charge in [-0.25, -0.2) is 13.2 Å². The van der Waals surface area contributed by atoms with Crippen molar-refractivity contribution >= 4 is 21.7 Å². The van der Waals surface area contributed by atoms with E-state index in [9.17, 15) is 18.0 Å². The predicted octanol–water partition coefficient (Wildman–Crippen LogP) is 1.85. The fraction of sp³-hybridized carbons (Fsp3) is 0.467. The minimum absolute atomic E-state index is 0.0172. The predicted molar refractivity (Wildman–Crippen MR) is 82.6 cm³/mol. The second kappa shape index (κ2) is 7.93. The summed E-state index contributed by atoms with van der Waals surface area (Å²) in [5, 5.41) is 11.5. The molecule has 0 aliphatic rings. The van der Waals surface area contributed by atoms with Crippen LogP contribution in [0.2, 0.25) is 0 Å². The van der Waals surface area contributed by atoms with Crippen molar-refractivity contribution in [1.29, 1.82) is 0 Å². The SMILES string of the molecule is CCCCC(NC(=O)c1ccc(S(=O)(=O)CC)cc1)C(=O)O. The summed E-state index contributed by atoms with van der Waals surface area (Å²) in [6.07, 6.45) is 1.90. The lowest BCUT2D eigenvalue weighted by molar-refractivity contribution is -0.139. The number of aliphatic carboxylic acids is 1. The van der Waals surface area contributed by atoms with Crippen LogP contribution < -0.4 is 5.32 Å². The van der Waals surface area contributed by atoms with Crippen molar-refractivity contribution in [2.75, 3.05) is 5.75 Å². The van der Waals surface area contributed by atoms with Crippen LogP contribution in [0.25, 0.3) is 0 Å². The van der Waals surface area contributed by atoms with Crippen molar-refractivity contribution in [3.05, 3.63) is 29.8 Å². The van der Waals surface area contributed by atoms with Crippen LogP contribution >= 0.6 is 0 Å². The van der Waals surface area contributed by atoms with Gasteiger partial charge in [-0.1, -0.05) is 26.7 Å². The van der Waals surface area contributed by atoms with Gasteiger partial charge in [-0.15, -0.1) is 0 Å². The van der Waals surface area contributed by atoms with Gasteiger partial charge in [0.15, 0.2) is 9.84 Å². The van der Waals surface area contributed by atoms with Crippen LogP contribution in [0.4, 0.5) is 0 Å². The molecule has 0 heterocycles. The van der Waals surface area contributed by atoms with Gasteiger partial charge in [-0.2, -0.15) is 0 Å². The second-order valence-corrected chi connectivity index (χ2v) is 7.21. The highest BCUT2D eigenvalue weighted by Gasteiger charge is 2.20. The Morgan fingerprint density at radius 3 is 2.23 bits per heavy atom. The number of carbonyl (C=O) groups excluding carboxylic acids is 1. The number of carboxylic acid groups (broad SMARTS) is 1. The molecule has 1 aromatic rings. The number of amides is 1. The monoisotopic (exact) mass is 327 g/mol. The van der Waals surface area contributed by atoms with E-state index in [2.05, 4.69) is 5.32 Å². The smallest absolute Gasteiger partial charge is 0.326 e. The third-order valence-corrected chi connectivity index (χ3v) is 5.06. The van der Waals surface area contributed by atoms with E-state index < -0.39 is 27.8 Å². The fourth-order valence-corrected chi connectivity index (χ4v) is 2.77. The number of carbonyl (C=O) groups is 2. The molecule has 22 heavy (non-hydrogen) atoms. The maximum Gasteiger partial charge on any atom is 0.326 e. The van der Waals surface area contributed by atoms with Crippen molar-refractivity contribution in [2.45, 2.75) is 44.0 Å². The lowest BCUT2D eigenvalue weighted by atomic mass is 10.1. The van der Waals surface area contributed by atoms with Gasteiger partial charge >= 0.3 is 5.97 Å². The summed E-state index contributed by atoms with van der Waals surface area (Å²) in [7, 11) is -3.31. The van der Waals surface area contributed by atoms with Crippen molar-refractivity contribution in [2.24, 2.45) is 0 Å². The molecule has 0 fully saturated rings.